The van der Waals surface area contributed by atoms with Gasteiger partial charge in [0.05, 0.1) is 11.0 Å². The Labute approximate surface area is 115 Å². The summed E-state index contributed by atoms with van der Waals surface area (Å²) in [6.07, 6.45) is 0. The SMILES string of the molecule is Cc1cc(NC(=O)C2CSCCN2)ccc1[N+](=O)[O-]. The van der Waals surface area contributed by atoms with Gasteiger partial charge >= 0.3 is 0 Å². The molecule has 2 rings (SSSR count). The molecule has 0 spiro atoms. The highest BCUT2D eigenvalue weighted by atomic mass is 32.2. The van der Waals surface area contributed by atoms with E-state index in [9.17, 15) is 14.9 Å². The van der Waals surface area contributed by atoms with Crippen molar-refractivity contribution >= 4 is 29.0 Å². The average molecular weight is 281 g/mol. The number of anilines is 1. The Morgan fingerprint density at radius 3 is 2.95 bits per heavy atom. The molecule has 0 aliphatic carbocycles. The summed E-state index contributed by atoms with van der Waals surface area (Å²) in [5.41, 5.74) is 1.18. The molecular formula is C12H15N3O3S. The van der Waals surface area contributed by atoms with Crippen molar-refractivity contribution in [2.45, 2.75) is 13.0 Å². The van der Waals surface area contributed by atoms with Crippen LogP contribution < -0.4 is 10.6 Å². The number of nitrogens with zero attached hydrogens (tertiary/aromatic N) is 1. The van der Waals surface area contributed by atoms with E-state index in [1.807, 2.05) is 0 Å². The number of thioether (sulfide) groups is 1. The van der Waals surface area contributed by atoms with Crippen LogP contribution in [0.15, 0.2) is 18.2 Å². The van der Waals surface area contributed by atoms with E-state index < -0.39 is 4.92 Å². The highest BCUT2D eigenvalue weighted by Gasteiger charge is 2.21. The van der Waals surface area contributed by atoms with Gasteiger partial charge in [-0.25, -0.2) is 0 Å². The summed E-state index contributed by atoms with van der Waals surface area (Å²) in [7, 11) is 0. The molecular weight excluding hydrogens is 266 g/mol. The van der Waals surface area contributed by atoms with E-state index in [1.165, 1.54) is 6.07 Å². The first-order valence-electron chi connectivity index (χ1n) is 5.95. The Hall–Kier alpha value is -1.60. The number of carbonyl (C=O) groups excluding carboxylic acids is 1. The van der Waals surface area contributed by atoms with E-state index in [4.69, 9.17) is 0 Å². The second kappa shape index (κ2) is 6.03. The summed E-state index contributed by atoms with van der Waals surface area (Å²) in [6.45, 7) is 2.48. The topological polar surface area (TPSA) is 84.3 Å². The van der Waals surface area contributed by atoms with Gasteiger partial charge in [-0.15, -0.1) is 0 Å². The lowest BCUT2D eigenvalue weighted by Crippen LogP contribution is -2.46. The van der Waals surface area contributed by atoms with Gasteiger partial charge < -0.3 is 10.6 Å². The summed E-state index contributed by atoms with van der Waals surface area (Å²) in [4.78, 5) is 22.3. The van der Waals surface area contributed by atoms with Crippen LogP contribution in [0, 0.1) is 17.0 Å². The molecule has 0 bridgehead atoms. The first-order valence-corrected chi connectivity index (χ1v) is 7.10. The average Bonchev–Trinajstić information content (AvgIpc) is 2.39. The Balaban J connectivity index is 2.04. The minimum absolute atomic E-state index is 0.0596. The van der Waals surface area contributed by atoms with Gasteiger partial charge in [0.25, 0.3) is 5.69 Å². The van der Waals surface area contributed by atoms with Crippen LogP contribution in [0.1, 0.15) is 5.56 Å². The maximum Gasteiger partial charge on any atom is 0.272 e. The van der Waals surface area contributed by atoms with Gasteiger partial charge in [0.2, 0.25) is 5.91 Å². The van der Waals surface area contributed by atoms with Crippen molar-refractivity contribution in [1.29, 1.82) is 0 Å². The van der Waals surface area contributed by atoms with Gasteiger partial charge in [-0.2, -0.15) is 11.8 Å². The molecule has 1 aliphatic rings. The van der Waals surface area contributed by atoms with Gasteiger partial charge in [0.1, 0.15) is 0 Å². The molecule has 0 saturated carbocycles. The number of amides is 1. The van der Waals surface area contributed by atoms with Crippen molar-refractivity contribution in [3.05, 3.63) is 33.9 Å². The lowest BCUT2D eigenvalue weighted by Gasteiger charge is -2.22. The number of rotatable bonds is 3. The van der Waals surface area contributed by atoms with Gasteiger partial charge in [-0.05, 0) is 19.1 Å². The molecule has 1 aromatic carbocycles. The molecule has 6 nitrogen and oxygen atoms in total. The van der Waals surface area contributed by atoms with Crippen LogP contribution in [-0.2, 0) is 4.79 Å². The first kappa shape index (κ1) is 13.8. The zero-order valence-electron chi connectivity index (χ0n) is 10.5. The monoisotopic (exact) mass is 281 g/mol. The lowest BCUT2D eigenvalue weighted by molar-refractivity contribution is -0.385. The van der Waals surface area contributed by atoms with E-state index >= 15 is 0 Å². The number of aryl methyl sites for hydroxylation is 1. The lowest BCUT2D eigenvalue weighted by atomic mass is 10.1. The highest BCUT2D eigenvalue weighted by molar-refractivity contribution is 7.99. The van der Waals surface area contributed by atoms with E-state index in [-0.39, 0.29) is 17.6 Å². The molecule has 0 radical (unpaired) electrons. The third-order valence-electron chi connectivity index (χ3n) is 2.90. The van der Waals surface area contributed by atoms with Crippen LogP contribution in [0.2, 0.25) is 0 Å². The second-order valence-corrected chi connectivity index (χ2v) is 5.48. The number of carbonyl (C=O) groups is 1. The number of benzene rings is 1. The first-order chi connectivity index (χ1) is 9.08. The maximum absolute atomic E-state index is 12.0. The van der Waals surface area contributed by atoms with Crippen molar-refractivity contribution in [2.75, 3.05) is 23.4 Å². The van der Waals surface area contributed by atoms with Crippen molar-refractivity contribution in [3.8, 4) is 0 Å². The van der Waals surface area contributed by atoms with E-state index in [2.05, 4.69) is 10.6 Å². The third-order valence-corrected chi connectivity index (χ3v) is 3.96. The number of hydrogen-bond acceptors (Lipinski definition) is 5. The predicted molar refractivity (Wildman–Crippen MR) is 75.6 cm³/mol. The van der Waals surface area contributed by atoms with E-state index in [0.717, 1.165) is 18.1 Å². The zero-order chi connectivity index (χ0) is 13.8. The van der Waals surface area contributed by atoms with Gasteiger partial charge in [-0.1, -0.05) is 0 Å². The number of nitro groups is 1. The smallest absolute Gasteiger partial charge is 0.272 e. The molecule has 1 heterocycles. The van der Waals surface area contributed by atoms with Crippen LogP contribution in [0.25, 0.3) is 0 Å². The number of nitro benzene ring substituents is 1. The molecule has 1 atom stereocenters. The second-order valence-electron chi connectivity index (χ2n) is 4.33. The number of hydrogen-bond donors (Lipinski definition) is 2. The predicted octanol–water partition coefficient (Wildman–Crippen LogP) is 1.55. The molecule has 1 fully saturated rings. The molecule has 1 saturated heterocycles. The quantitative estimate of drug-likeness (QED) is 0.648. The Kier molecular flexibility index (Phi) is 4.39. The molecule has 1 amide bonds. The van der Waals surface area contributed by atoms with Gasteiger partial charge in [0.15, 0.2) is 0 Å². The third kappa shape index (κ3) is 3.45. The normalized spacial score (nSPS) is 18.9. The van der Waals surface area contributed by atoms with Gasteiger partial charge in [-0.3, -0.25) is 14.9 Å². The van der Waals surface area contributed by atoms with Crippen molar-refractivity contribution in [3.63, 3.8) is 0 Å². The summed E-state index contributed by atoms with van der Waals surface area (Å²) >= 11 is 1.74. The van der Waals surface area contributed by atoms with Crippen LogP contribution >= 0.6 is 11.8 Å². The summed E-state index contributed by atoms with van der Waals surface area (Å²) in [5, 5.41) is 16.6. The van der Waals surface area contributed by atoms with Crippen molar-refractivity contribution < 1.29 is 9.72 Å². The zero-order valence-corrected chi connectivity index (χ0v) is 11.3. The summed E-state index contributed by atoms with van der Waals surface area (Å²) < 4.78 is 0. The fraction of sp³-hybridized carbons (Fsp3) is 0.417. The molecule has 2 N–H and O–H groups in total. The highest BCUT2D eigenvalue weighted by Crippen LogP contribution is 2.21. The summed E-state index contributed by atoms with van der Waals surface area (Å²) in [6, 6.07) is 4.38. The molecule has 7 heteroatoms. The largest absolute Gasteiger partial charge is 0.325 e. The van der Waals surface area contributed by atoms with Crippen LogP contribution in [0.3, 0.4) is 0 Å². The van der Waals surface area contributed by atoms with Gasteiger partial charge in [0, 0.05) is 35.4 Å². The fourth-order valence-corrected chi connectivity index (χ4v) is 2.84. The maximum atomic E-state index is 12.0. The Morgan fingerprint density at radius 1 is 1.58 bits per heavy atom. The Bertz CT molecular complexity index is 501. The van der Waals surface area contributed by atoms with Crippen molar-refractivity contribution in [1.82, 2.24) is 5.32 Å². The summed E-state index contributed by atoms with van der Waals surface area (Å²) in [5.74, 6) is 1.67. The van der Waals surface area contributed by atoms with Crippen molar-refractivity contribution in [2.24, 2.45) is 0 Å². The molecule has 1 aromatic rings. The molecule has 102 valence electrons. The standard InChI is InChI=1S/C12H15N3O3S/c1-8-6-9(2-3-11(8)15(17)18)14-12(16)10-7-19-5-4-13-10/h2-3,6,10,13H,4-5,7H2,1H3,(H,14,16). The van der Waals surface area contributed by atoms with E-state index in [0.29, 0.717) is 11.3 Å². The minimum atomic E-state index is -0.430. The van der Waals surface area contributed by atoms with Crippen LogP contribution in [0.5, 0.6) is 0 Å². The fourth-order valence-electron chi connectivity index (χ4n) is 1.90. The van der Waals surface area contributed by atoms with Crippen LogP contribution in [-0.4, -0.2) is 34.9 Å². The molecule has 1 aliphatic heterocycles. The van der Waals surface area contributed by atoms with E-state index in [1.54, 1.807) is 30.8 Å². The number of nitrogens with one attached hydrogen (secondary N) is 2. The minimum Gasteiger partial charge on any atom is -0.325 e. The van der Waals surface area contributed by atoms with Crippen LogP contribution in [0.4, 0.5) is 11.4 Å². The molecule has 19 heavy (non-hydrogen) atoms. The Morgan fingerprint density at radius 2 is 2.37 bits per heavy atom. The molecule has 1 unspecified atom stereocenters. The molecule has 0 aromatic heterocycles.